The lowest BCUT2D eigenvalue weighted by molar-refractivity contribution is 0.0832. The zero-order valence-corrected chi connectivity index (χ0v) is 8.11. The highest BCUT2D eigenvalue weighted by atomic mass is 16.5. The maximum absolute atomic E-state index is 11.6. The van der Waals surface area contributed by atoms with Crippen molar-refractivity contribution in [2.45, 2.75) is 6.23 Å². The van der Waals surface area contributed by atoms with Crippen LogP contribution in [0.5, 0.6) is 11.5 Å². The first-order valence-corrected chi connectivity index (χ1v) is 4.36. The van der Waals surface area contributed by atoms with Crippen LogP contribution in [0.1, 0.15) is 10.4 Å². The summed E-state index contributed by atoms with van der Waals surface area (Å²) in [7, 11) is 1.54. The van der Waals surface area contributed by atoms with Crippen LogP contribution in [0.15, 0.2) is 18.2 Å². The lowest BCUT2D eigenvalue weighted by Gasteiger charge is -2.23. The average molecular weight is 203 g/mol. The van der Waals surface area contributed by atoms with Crippen LogP contribution in [0.2, 0.25) is 0 Å². The molecule has 1 atom stereocenters. The van der Waals surface area contributed by atoms with Gasteiger partial charge in [-0.05, 0) is 24.1 Å². The van der Waals surface area contributed by atoms with Gasteiger partial charge in [-0.1, -0.05) is 0 Å². The van der Waals surface area contributed by atoms with Crippen molar-refractivity contribution in [2.24, 2.45) is 0 Å². The third-order valence-electron chi connectivity index (χ3n) is 2.09. The van der Waals surface area contributed by atoms with Crippen LogP contribution in [0, 0.1) is 12.3 Å². The van der Waals surface area contributed by atoms with Crippen LogP contribution in [0.4, 0.5) is 0 Å². The van der Waals surface area contributed by atoms with E-state index < -0.39 is 6.23 Å². The summed E-state index contributed by atoms with van der Waals surface area (Å²) >= 11 is 0. The van der Waals surface area contributed by atoms with E-state index in [0.29, 0.717) is 17.1 Å². The van der Waals surface area contributed by atoms with Gasteiger partial charge in [-0.3, -0.25) is 4.79 Å². The Morgan fingerprint density at radius 1 is 1.60 bits per heavy atom. The molecule has 0 spiro atoms. The molecule has 1 aromatic carbocycles. The highest BCUT2D eigenvalue weighted by molar-refractivity contribution is 5.98. The number of hydrogen-bond acceptors (Lipinski definition) is 3. The van der Waals surface area contributed by atoms with Gasteiger partial charge >= 0.3 is 0 Å². The summed E-state index contributed by atoms with van der Waals surface area (Å²) in [6, 6.07) is 4.99. The molecule has 76 valence electrons. The van der Waals surface area contributed by atoms with Crippen LogP contribution >= 0.6 is 0 Å². The first-order chi connectivity index (χ1) is 7.24. The number of carbonyl (C=O) groups is 1. The van der Waals surface area contributed by atoms with Crippen LogP contribution in [0.3, 0.4) is 0 Å². The monoisotopic (exact) mass is 203 g/mol. The van der Waals surface area contributed by atoms with Gasteiger partial charge in [0.15, 0.2) is 0 Å². The molecule has 4 nitrogen and oxygen atoms in total. The number of methoxy groups -OCH3 is 1. The van der Waals surface area contributed by atoms with Gasteiger partial charge in [0, 0.05) is 0 Å². The van der Waals surface area contributed by atoms with Gasteiger partial charge in [-0.2, -0.15) is 0 Å². The number of fused-ring (bicyclic) bond motifs is 1. The second-order valence-electron chi connectivity index (χ2n) is 3.00. The first kappa shape index (κ1) is 9.41. The summed E-state index contributed by atoms with van der Waals surface area (Å²) < 4.78 is 10.3. The third kappa shape index (κ3) is 1.59. The Labute approximate surface area is 87.2 Å². The molecule has 0 saturated heterocycles. The smallest absolute Gasteiger partial charge is 0.258 e. The summed E-state index contributed by atoms with van der Waals surface area (Å²) in [5.74, 6) is 3.14. The molecule has 1 N–H and O–H groups in total. The molecular formula is C11H9NO3. The number of carbonyl (C=O) groups excluding carboxylic acids is 1. The molecular weight excluding hydrogens is 194 g/mol. The van der Waals surface area contributed by atoms with Crippen molar-refractivity contribution in [3.63, 3.8) is 0 Å². The summed E-state index contributed by atoms with van der Waals surface area (Å²) in [6.45, 7) is 0. The minimum atomic E-state index is -0.696. The molecule has 4 heteroatoms. The van der Waals surface area contributed by atoms with Crippen LogP contribution < -0.4 is 14.8 Å². The maximum atomic E-state index is 11.6. The van der Waals surface area contributed by atoms with Gasteiger partial charge in [0.05, 0.1) is 12.7 Å². The highest BCUT2D eigenvalue weighted by Crippen LogP contribution is 2.27. The number of nitrogens with one attached hydrogen (secondary N) is 1. The summed E-state index contributed by atoms with van der Waals surface area (Å²) in [6.07, 6.45) is 4.47. The van der Waals surface area contributed by atoms with Crippen molar-refractivity contribution in [2.75, 3.05) is 7.11 Å². The lowest BCUT2D eigenvalue weighted by atomic mass is 10.1. The molecule has 1 aliphatic heterocycles. The molecule has 0 bridgehead atoms. The summed E-state index contributed by atoms with van der Waals surface area (Å²) in [5, 5.41) is 2.52. The summed E-state index contributed by atoms with van der Waals surface area (Å²) in [4.78, 5) is 11.6. The van der Waals surface area contributed by atoms with Gasteiger partial charge < -0.3 is 14.8 Å². The van der Waals surface area contributed by atoms with E-state index in [1.165, 1.54) is 7.11 Å². The van der Waals surface area contributed by atoms with E-state index in [4.69, 9.17) is 15.9 Å². The van der Waals surface area contributed by atoms with Crippen molar-refractivity contribution < 1.29 is 14.3 Å². The van der Waals surface area contributed by atoms with Gasteiger partial charge in [0.2, 0.25) is 6.23 Å². The maximum Gasteiger partial charge on any atom is 0.258 e. The molecule has 1 heterocycles. The Bertz CT molecular complexity index is 448. The zero-order valence-electron chi connectivity index (χ0n) is 8.11. The quantitative estimate of drug-likeness (QED) is 0.686. The second-order valence-corrected chi connectivity index (χ2v) is 3.00. The van der Waals surface area contributed by atoms with E-state index in [0.717, 1.165) is 0 Å². The predicted octanol–water partition coefficient (Wildman–Crippen LogP) is 0.777. The number of ether oxygens (including phenoxy) is 2. The molecule has 1 aromatic rings. The number of rotatable bonds is 1. The Kier molecular flexibility index (Phi) is 2.22. The van der Waals surface area contributed by atoms with E-state index in [9.17, 15) is 4.79 Å². The van der Waals surface area contributed by atoms with Crippen molar-refractivity contribution in [3.8, 4) is 23.8 Å². The van der Waals surface area contributed by atoms with Crippen molar-refractivity contribution in [3.05, 3.63) is 23.8 Å². The number of benzene rings is 1. The summed E-state index contributed by atoms with van der Waals surface area (Å²) in [5.41, 5.74) is 0.431. The molecule has 1 amide bonds. The SMILES string of the molecule is C#CC1NC(=O)c2cc(OC)ccc2O1. The molecule has 0 fully saturated rings. The standard InChI is InChI=1S/C11H9NO3/c1-3-10-12-11(13)8-6-7(14-2)4-5-9(8)15-10/h1,4-6,10H,2H3,(H,12,13). The lowest BCUT2D eigenvalue weighted by Crippen LogP contribution is -2.42. The Morgan fingerprint density at radius 2 is 2.40 bits per heavy atom. The van der Waals surface area contributed by atoms with Gasteiger partial charge in [0.1, 0.15) is 11.5 Å². The third-order valence-corrected chi connectivity index (χ3v) is 2.09. The molecule has 0 aromatic heterocycles. The van der Waals surface area contributed by atoms with E-state index in [1.54, 1.807) is 18.2 Å². The second kappa shape index (κ2) is 3.54. The molecule has 1 unspecified atom stereocenters. The van der Waals surface area contributed by atoms with Crippen molar-refractivity contribution in [1.82, 2.24) is 5.32 Å². The van der Waals surface area contributed by atoms with Crippen LogP contribution in [-0.4, -0.2) is 19.2 Å². The fourth-order valence-corrected chi connectivity index (χ4v) is 1.35. The zero-order chi connectivity index (χ0) is 10.8. The van der Waals surface area contributed by atoms with Crippen molar-refractivity contribution in [1.29, 1.82) is 0 Å². The number of amides is 1. The van der Waals surface area contributed by atoms with Gasteiger partial charge in [-0.25, -0.2) is 0 Å². The highest BCUT2D eigenvalue weighted by Gasteiger charge is 2.24. The van der Waals surface area contributed by atoms with Gasteiger partial charge in [-0.15, -0.1) is 6.42 Å². The van der Waals surface area contributed by atoms with Crippen LogP contribution in [0.25, 0.3) is 0 Å². The van der Waals surface area contributed by atoms with E-state index in [-0.39, 0.29) is 5.91 Å². The predicted molar refractivity (Wildman–Crippen MR) is 53.7 cm³/mol. The van der Waals surface area contributed by atoms with Crippen LogP contribution in [-0.2, 0) is 0 Å². The molecule has 0 aliphatic carbocycles. The van der Waals surface area contributed by atoms with E-state index in [1.807, 2.05) is 0 Å². The first-order valence-electron chi connectivity index (χ1n) is 4.36. The minimum Gasteiger partial charge on any atom is -0.497 e. The Morgan fingerprint density at radius 3 is 3.07 bits per heavy atom. The molecule has 1 aliphatic rings. The fourth-order valence-electron chi connectivity index (χ4n) is 1.35. The largest absolute Gasteiger partial charge is 0.497 e. The molecule has 0 radical (unpaired) electrons. The van der Waals surface area contributed by atoms with E-state index >= 15 is 0 Å². The number of hydrogen-bond donors (Lipinski definition) is 1. The molecule has 2 rings (SSSR count). The Hall–Kier alpha value is -2.15. The minimum absolute atomic E-state index is 0.252. The molecule has 0 saturated carbocycles. The fraction of sp³-hybridized carbons (Fsp3) is 0.182. The van der Waals surface area contributed by atoms with Crippen molar-refractivity contribution >= 4 is 5.91 Å². The average Bonchev–Trinajstić information content (AvgIpc) is 2.28. The topological polar surface area (TPSA) is 47.6 Å². The normalized spacial score (nSPS) is 18.1. The Balaban J connectivity index is 2.42. The number of terminal acetylenes is 1. The van der Waals surface area contributed by atoms with Gasteiger partial charge in [0.25, 0.3) is 5.91 Å². The van der Waals surface area contributed by atoms with E-state index in [2.05, 4.69) is 11.2 Å². The molecule has 15 heavy (non-hydrogen) atoms.